The Morgan fingerprint density at radius 1 is 0.500 bits per heavy atom. The van der Waals surface area contributed by atoms with Crippen LogP contribution in [-0.2, 0) is 19.2 Å². The van der Waals surface area contributed by atoms with E-state index >= 15 is 0 Å². The molecule has 134 valence electrons. The Kier molecular flexibility index (Phi) is 5.92. The second kappa shape index (κ2) is 6.72. The highest BCUT2D eigenvalue weighted by atomic mass is 16.2. The summed E-state index contributed by atoms with van der Waals surface area (Å²) < 4.78 is 0. The first-order valence-electron chi connectivity index (χ1n) is 6.29. The summed E-state index contributed by atoms with van der Waals surface area (Å²) in [5, 5.41) is 0. The SMILES string of the molecule is CN1C(=O)C(C2C(=O)N(C)C(=O)N(C)C2=O)C(=O)N(C)C1=O.N.N. The van der Waals surface area contributed by atoms with Gasteiger partial charge in [0.1, 0.15) is 11.8 Å². The molecule has 0 saturated carbocycles. The molecule has 0 radical (unpaired) electrons. The molecule has 6 N–H and O–H groups in total. The average Bonchev–Trinajstić information content (AvgIpc) is 2.50. The van der Waals surface area contributed by atoms with Gasteiger partial charge >= 0.3 is 12.1 Å². The molecule has 2 aliphatic heterocycles. The fraction of sp³-hybridized carbons (Fsp3) is 0.500. The smallest absolute Gasteiger partial charge is 0.332 e. The maximum absolute atomic E-state index is 12.2. The summed E-state index contributed by atoms with van der Waals surface area (Å²) in [6.45, 7) is 0. The summed E-state index contributed by atoms with van der Waals surface area (Å²) in [5.41, 5.74) is 0. The molecular weight excluding hydrogens is 324 g/mol. The summed E-state index contributed by atoms with van der Waals surface area (Å²) in [7, 11) is 4.60. The van der Waals surface area contributed by atoms with Gasteiger partial charge in [-0.15, -0.1) is 0 Å². The summed E-state index contributed by atoms with van der Waals surface area (Å²) in [6.07, 6.45) is 0. The molecule has 2 fully saturated rings. The van der Waals surface area contributed by atoms with E-state index in [-0.39, 0.29) is 12.3 Å². The first kappa shape index (κ1) is 21.1. The lowest BCUT2D eigenvalue weighted by molar-refractivity contribution is -0.163. The number of hydrogen-bond acceptors (Lipinski definition) is 8. The second-order valence-electron chi connectivity index (χ2n) is 5.11. The molecule has 2 rings (SSSR count). The quantitative estimate of drug-likeness (QED) is 0.546. The minimum absolute atomic E-state index is 0. The molecule has 12 nitrogen and oxygen atoms in total. The van der Waals surface area contributed by atoms with Gasteiger partial charge in [0.2, 0.25) is 23.6 Å². The Bertz CT molecular complexity index is 532. The van der Waals surface area contributed by atoms with Crippen molar-refractivity contribution < 1.29 is 28.8 Å². The van der Waals surface area contributed by atoms with E-state index in [1.165, 1.54) is 0 Å². The van der Waals surface area contributed by atoms with E-state index < -0.39 is 47.5 Å². The van der Waals surface area contributed by atoms with Crippen LogP contribution in [0.15, 0.2) is 0 Å². The number of nitrogens with zero attached hydrogens (tertiary/aromatic N) is 4. The molecule has 0 bridgehead atoms. The number of amides is 8. The predicted octanol–water partition coefficient (Wildman–Crippen LogP) is -1.36. The molecule has 0 unspecified atom stereocenters. The Morgan fingerprint density at radius 2 is 0.667 bits per heavy atom. The number of imide groups is 4. The van der Waals surface area contributed by atoms with Crippen LogP contribution in [0.25, 0.3) is 0 Å². The maximum atomic E-state index is 12.2. The first-order valence-corrected chi connectivity index (χ1v) is 6.29. The van der Waals surface area contributed by atoms with Crippen molar-refractivity contribution in [3.63, 3.8) is 0 Å². The predicted molar refractivity (Wildman–Crippen MR) is 78.9 cm³/mol. The monoisotopic (exact) mass is 344 g/mol. The van der Waals surface area contributed by atoms with Crippen LogP contribution in [0.5, 0.6) is 0 Å². The zero-order valence-corrected chi connectivity index (χ0v) is 13.8. The number of urea groups is 2. The van der Waals surface area contributed by atoms with Crippen molar-refractivity contribution in [2.24, 2.45) is 11.8 Å². The molecule has 0 atom stereocenters. The van der Waals surface area contributed by atoms with E-state index in [0.717, 1.165) is 28.2 Å². The Balaban J connectivity index is 0.00000264. The van der Waals surface area contributed by atoms with Crippen molar-refractivity contribution in [1.82, 2.24) is 31.9 Å². The third-order valence-electron chi connectivity index (χ3n) is 3.87. The average molecular weight is 344 g/mol. The molecule has 0 aromatic heterocycles. The van der Waals surface area contributed by atoms with Crippen LogP contribution in [-0.4, -0.2) is 83.5 Å². The lowest BCUT2D eigenvalue weighted by atomic mass is 9.85. The topological polar surface area (TPSA) is 185 Å². The van der Waals surface area contributed by atoms with Crippen molar-refractivity contribution in [3.8, 4) is 0 Å². The molecule has 0 aromatic rings. The molecular formula is C12H20N6O6. The van der Waals surface area contributed by atoms with Crippen LogP contribution in [0.1, 0.15) is 0 Å². The standard InChI is InChI=1S/C12H14N4O6.2H3N/c1-13-7(17)5(8(18)14(2)11(13)21)6-9(19)15(3)12(22)16(4)10(6)20;;/h5-6H,1-4H3;2*1H3. The summed E-state index contributed by atoms with van der Waals surface area (Å²) >= 11 is 0. The second-order valence-corrected chi connectivity index (χ2v) is 5.11. The van der Waals surface area contributed by atoms with E-state index in [2.05, 4.69) is 0 Å². The van der Waals surface area contributed by atoms with Crippen molar-refractivity contribution >= 4 is 35.7 Å². The van der Waals surface area contributed by atoms with Crippen LogP contribution >= 0.6 is 0 Å². The van der Waals surface area contributed by atoms with Gasteiger partial charge in [-0.25, -0.2) is 9.59 Å². The van der Waals surface area contributed by atoms with Gasteiger partial charge in [0.05, 0.1) is 0 Å². The lowest BCUT2D eigenvalue weighted by Gasteiger charge is -2.39. The molecule has 2 saturated heterocycles. The molecule has 2 aliphatic rings. The first-order chi connectivity index (χ1) is 10.1. The van der Waals surface area contributed by atoms with E-state index in [1.807, 2.05) is 0 Å². The molecule has 12 heteroatoms. The minimum Gasteiger partial charge on any atom is -0.344 e. The Hall–Kier alpha value is -2.86. The summed E-state index contributed by atoms with van der Waals surface area (Å²) in [6, 6.07) is -1.69. The highest BCUT2D eigenvalue weighted by Crippen LogP contribution is 2.28. The largest absolute Gasteiger partial charge is 0.344 e. The third kappa shape index (κ3) is 2.61. The fourth-order valence-electron chi connectivity index (χ4n) is 2.44. The maximum Gasteiger partial charge on any atom is 0.332 e. The fourth-order valence-corrected chi connectivity index (χ4v) is 2.44. The number of rotatable bonds is 1. The van der Waals surface area contributed by atoms with E-state index in [0.29, 0.717) is 19.6 Å². The van der Waals surface area contributed by atoms with Gasteiger partial charge in [0.15, 0.2) is 0 Å². The molecule has 0 aliphatic carbocycles. The van der Waals surface area contributed by atoms with Gasteiger partial charge in [0.25, 0.3) is 0 Å². The summed E-state index contributed by atoms with van der Waals surface area (Å²) in [5.74, 6) is -7.12. The van der Waals surface area contributed by atoms with Gasteiger partial charge < -0.3 is 12.3 Å². The zero-order chi connectivity index (χ0) is 16.9. The minimum atomic E-state index is -1.66. The molecule has 0 spiro atoms. The number of hydrogen-bond donors (Lipinski definition) is 2. The highest BCUT2D eigenvalue weighted by Gasteiger charge is 2.56. The Morgan fingerprint density at radius 3 is 0.833 bits per heavy atom. The third-order valence-corrected chi connectivity index (χ3v) is 3.87. The van der Waals surface area contributed by atoms with Gasteiger partial charge in [0, 0.05) is 28.2 Å². The Labute approximate surface area is 137 Å². The van der Waals surface area contributed by atoms with Gasteiger partial charge in [-0.3, -0.25) is 38.8 Å². The van der Waals surface area contributed by atoms with E-state index in [9.17, 15) is 28.8 Å². The number of barbiturate groups is 2. The number of carbonyl (C=O) groups excluding carboxylic acids is 6. The lowest BCUT2D eigenvalue weighted by Crippen LogP contribution is -2.66. The number of carbonyl (C=O) groups is 6. The normalized spacial score (nSPS) is 20.5. The molecule has 2 heterocycles. The van der Waals surface area contributed by atoms with Gasteiger partial charge in [-0.2, -0.15) is 0 Å². The van der Waals surface area contributed by atoms with Gasteiger partial charge in [-0.05, 0) is 0 Å². The van der Waals surface area contributed by atoms with Crippen LogP contribution < -0.4 is 12.3 Å². The molecule has 24 heavy (non-hydrogen) atoms. The molecule has 0 aromatic carbocycles. The van der Waals surface area contributed by atoms with Crippen LogP contribution in [0.2, 0.25) is 0 Å². The van der Waals surface area contributed by atoms with Crippen molar-refractivity contribution in [2.45, 2.75) is 0 Å². The van der Waals surface area contributed by atoms with Crippen LogP contribution in [0, 0.1) is 11.8 Å². The van der Waals surface area contributed by atoms with Crippen LogP contribution in [0.3, 0.4) is 0 Å². The van der Waals surface area contributed by atoms with Gasteiger partial charge in [-0.1, -0.05) is 0 Å². The van der Waals surface area contributed by atoms with Crippen molar-refractivity contribution in [1.29, 1.82) is 0 Å². The van der Waals surface area contributed by atoms with Crippen LogP contribution in [0.4, 0.5) is 9.59 Å². The highest BCUT2D eigenvalue weighted by molar-refractivity contribution is 6.24. The molecule has 8 amide bonds. The van der Waals surface area contributed by atoms with E-state index in [1.54, 1.807) is 0 Å². The van der Waals surface area contributed by atoms with E-state index in [4.69, 9.17) is 0 Å². The van der Waals surface area contributed by atoms with Crippen molar-refractivity contribution in [3.05, 3.63) is 0 Å². The zero-order valence-electron chi connectivity index (χ0n) is 13.8. The van der Waals surface area contributed by atoms with Crippen molar-refractivity contribution in [2.75, 3.05) is 28.2 Å². The summed E-state index contributed by atoms with van der Waals surface area (Å²) in [4.78, 5) is 74.9.